The van der Waals surface area contributed by atoms with Crippen molar-refractivity contribution >= 4 is 6.09 Å². The first-order valence-electron chi connectivity index (χ1n) is 7.87. The second-order valence-corrected chi connectivity index (χ2v) is 6.85. The summed E-state index contributed by atoms with van der Waals surface area (Å²) in [5, 5.41) is 12.0. The Balaban J connectivity index is 2.52. The highest BCUT2D eigenvalue weighted by molar-refractivity contribution is 5.68. The van der Waals surface area contributed by atoms with E-state index in [1.165, 1.54) is 0 Å². The van der Waals surface area contributed by atoms with Gasteiger partial charge in [0.25, 0.3) is 6.43 Å². The number of carbonyl (C=O) groups is 1. The minimum atomic E-state index is -2.77. The number of morpholine rings is 1. The standard InChI is InChI=1S/C15H28F2N2O4/c1-10(18-8-12(20)13(16)17)7-11-9-22-6-5-19(11)14(21)23-15(2,3)4/h10-13,18,20H,5-9H2,1-4H3. The van der Waals surface area contributed by atoms with Crippen LogP contribution in [0.2, 0.25) is 0 Å². The molecular formula is C15H28F2N2O4. The molecule has 1 aliphatic rings. The molecule has 0 aliphatic carbocycles. The Labute approximate surface area is 136 Å². The summed E-state index contributed by atoms with van der Waals surface area (Å²) in [4.78, 5) is 13.9. The number of aliphatic hydroxyl groups is 1. The molecule has 1 rings (SSSR count). The highest BCUT2D eigenvalue weighted by Crippen LogP contribution is 2.17. The molecule has 0 saturated carbocycles. The van der Waals surface area contributed by atoms with Crippen molar-refractivity contribution in [1.29, 1.82) is 0 Å². The molecule has 23 heavy (non-hydrogen) atoms. The van der Waals surface area contributed by atoms with Crippen molar-refractivity contribution in [3.05, 3.63) is 0 Å². The molecule has 0 aromatic carbocycles. The van der Waals surface area contributed by atoms with Gasteiger partial charge in [0, 0.05) is 19.1 Å². The van der Waals surface area contributed by atoms with Crippen LogP contribution in [0.15, 0.2) is 0 Å². The van der Waals surface area contributed by atoms with E-state index in [9.17, 15) is 13.6 Å². The molecular weight excluding hydrogens is 310 g/mol. The lowest BCUT2D eigenvalue weighted by Gasteiger charge is -2.37. The number of rotatable bonds is 6. The van der Waals surface area contributed by atoms with Crippen molar-refractivity contribution in [3.8, 4) is 0 Å². The third-order valence-corrected chi connectivity index (χ3v) is 3.45. The van der Waals surface area contributed by atoms with Crippen molar-refractivity contribution in [2.45, 2.75) is 64.3 Å². The fraction of sp³-hybridized carbons (Fsp3) is 0.933. The molecule has 1 saturated heterocycles. The van der Waals surface area contributed by atoms with Gasteiger partial charge in [-0.1, -0.05) is 0 Å². The van der Waals surface area contributed by atoms with Crippen LogP contribution in [0.3, 0.4) is 0 Å². The first-order valence-corrected chi connectivity index (χ1v) is 7.87. The molecule has 0 radical (unpaired) electrons. The Hall–Kier alpha value is -0.990. The van der Waals surface area contributed by atoms with Gasteiger partial charge in [0.15, 0.2) is 0 Å². The number of alkyl halides is 2. The Kier molecular flexibility index (Phi) is 7.63. The Morgan fingerprint density at radius 3 is 2.70 bits per heavy atom. The predicted octanol–water partition coefficient (Wildman–Crippen LogP) is 1.62. The van der Waals surface area contributed by atoms with Crippen LogP contribution in [0.25, 0.3) is 0 Å². The molecule has 6 nitrogen and oxygen atoms in total. The number of hydrogen-bond donors (Lipinski definition) is 2. The smallest absolute Gasteiger partial charge is 0.410 e. The second kappa shape index (κ2) is 8.75. The van der Waals surface area contributed by atoms with Gasteiger partial charge in [0.05, 0.1) is 19.3 Å². The van der Waals surface area contributed by atoms with Gasteiger partial charge in [-0.15, -0.1) is 0 Å². The van der Waals surface area contributed by atoms with E-state index in [1.807, 2.05) is 6.92 Å². The molecule has 1 amide bonds. The van der Waals surface area contributed by atoms with Gasteiger partial charge in [-0.2, -0.15) is 0 Å². The molecule has 136 valence electrons. The summed E-state index contributed by atoms with van der Waals surface area (Å²) >= 11 is 0. The average Bonchev–Trinajstić information content (AvgIpc) is 2.43. The number of hydrogen-bond acceptors (Lipinski definition) is 5. The van der Waals surface area contributed by atoms with Crippen LogP contribution < -0.4 is 5.32 Å². The van der Waals surface area contributed by atoms with Crippen LogP contribution in [0.1, 0.15) is 34.1 Å². The van der Waals surface area contributed by atoms with Gasteiger partial charge in [0.2, 0.25) is 0 Å². The zero-order valence-corrected chi connectivity index (χ0v) is 14.2. The summed E-state index contributed by atoms with van der Waals surface area (Å²) < 4.78 is 35.4. The van der Waals surface area contributed by atoms with Gasteiger partial charge < -0.3 is 24.8 Å². The molecule has 2 N–H and O–H groups in total. The molecule has 3 atom stereocenters. The lowest BCUT2D eigenvalue weighted by molar-refractivity contribution is -0.0366. The van der Waals surface area contributed by atoms with Crippen LogP contribution in [0.5, 0.6) is 0 Å². The van der Waals surface area contributed by atoms with Crippen LogP contribution >= 0.6 is 0 Å². The second-order valence-electron chi connectivity index (χ2n) is 6.85. The van der Waals surface area contributed by atoms with E-state index in [0.29, 0.717) is 26.2 Å². The molecule has 0 bridgehead atoms. The monoisotopic (exact) mass is 338 g/mol. The van der Waals surface area contributed by atoms with Crippen LogP contribution in [-0.2, 0) is 9.47 Å². The first kappa shape index (κ1) is 20.1. The third kappa shape index (κ3) is 7.41. The van der Waals surface area contributed by atoms with Crippen molar-refractivity contribution in [1.82, 2.24) is 10.2 Å². The maximum absolute atomic E-state index is 12.3. The summed E-state index contributed by atoms with van der Waals surface area (Å²) in [6.07, 6.45) is -4.34. The number of halogens is 2. The fourth-order valence-corrected chi connectivity index (χ4v) is 2.31. The average molecular weight is 338 g/mol. The molecule has 1 fully saturated rings. The quantitative estimate of drug-likeness (QED) is 0.770. The molecule has 0 aromatic heterocycles. The summed E-state index contributed by atoms with van der Waals surface area (Å²) in [5.74, 6) is 0. The van der Waals surface area contributed by atoms with Gasteiger partial charge >= 0.3 is 6.09 Å². The SMILES string of the molecule is CC(CC1COCCN1C(=O)OC(C)(C)C)NCC(O)C(F)F. The van der Waals surface area contributed by atoms with Crippen molar-refractivity contribution < 1.29 is 28.2 Å². The zero-order chi connectivity index (χ0) is 17.6. The highest BCUT2D eigenvalue weighted by atomic mass is 19.3. The van der Waals surface area contributed by atoms with E-state index in [0.717, 1.165) is 0 Å². The van der Waals surface area contributed by atoms with E-state index < -0.39 is 24.2 Å². The van der Waals surface area contributed by atoms with Gasteiger partial charge in [-0.05, 0) is 34.1 Å². The third-order valence-electron chi connectivity index (χ3n) is 3.45. The van der Waals surface area contributed by atoms with Crippen molar-refractivity contribution in [2.24, 2.45) is 0 Å². The van der Waals surface area contributed by atoms with Crippen molar-refractivity contribution in [2.75, 3.05) is 26.3 Å². The van der Waals surface area contributed by atoms with E-state index in [4.69, 9.17) is 14.6 Å². The number of amides is 1. The molecule has 1 heterocycles. The first-order chi connectivity index (χ1) is 10.6. The van der Waals surface area contributed by atoms with E-state index in [-0.39, 0.29) is 18.6 Å². The molecule has 1 aliphatic heterocycles. The number of ether oxygens (including phenoxy) is 2. The Morgan fingerprint density at radius 2 is 2.13 bits per heavy atom. The molecule has 8 heteroatoms. The predicted molar refractivity (Wildman–Crippen MR) is 81.6 cm³/mol. The minimum Gasteiger partial charge on any atom is -0.444 e. The topological polar surface area (TPSA) is 71.0 Å². The maximum Gasteiger partial charge on any atom is 0.410 e. The van der Waals surface area contributed by atoms with E-state index in [2.05, 4.69) is 5.32 Å². The van der Waals surface area contributed by atoms with Crippen molar-refractivity contribution in [3.63, 3.8) is 0 Å². The highest BCUT2D eigenvalue weighted by Gasteiger charge is 2.32. The lowest BCUT2D eigenvalue weighted by atomic mass is 10.1. The Bertz CT molecular complexity index is 377. The molecule has 0 spiro atoms. The maximum atomic E-state index is 12.3. The number of aliphatic hydroxyl groups excluding tert-OH is 1. The van der Waals surface area contributed by atoms with E-state index in [1.54, 1.807) is 25.7 Å². The lowest BCUT2D eigenvalue weighted by Crippen LogP contribution is -2.52. The molecule has 3 unspecified atom stereocenters. The van der Waals surface area contributed by atoms with Gasteiger partial charge in [0.1, 0.15) is 11.7 Å². The molecule has 0 aromatic rings. The van der Waals surface area contributed by atoms with Crippen LogP contribution in [0, 0.1) is 0 Å². The summed E-state index contributed by atoms with van der Waals surface area (Å²) in [7, 11) is 0. The van der Waals surface area contributed by atoms with Gasteiger partial charge in [-0.3, -0.25) is 0 Å². The summed E-state index contributed by atoms with van der Waals surface area (Å²) in [5.41, 5.74) is -0.578. The fourth-order valence-electron chi connectivity index (χ4n) is 2.31. The van der Waals surface area contributed by atoms with Crippen LogP contribution in [0.4, 0.5) is 13.6 Å². The number of nitrogens with one attached hydrogen (secondary N) is 1. The summed E-state index contributed by atoms with van der Waals surface area (Å²) in [6.45, 7) is 8.29. The number of nitrogens with zero attached hydrogens (tertiary/aromatic N) is 1. The summed E-state index contributed by atoms with van der Waals surface area (Å²) in [6, 6.07) is -0.343. The Morgan fingerprint density at radius 1 is 1.48 bits per heavy atom. The van der Waals surface area contributed by atoms with Crippen LogP contribution in [-0.4, -0.2) is 72.6 Å². The number of carbonyl (C=O) groups excluding carboxylic acids is 1. The van der Waals surface area contributed by atoms with E-state index >= 15 is 0 Å². The normalized spacial score (nSPS) is 22.1. The minimum absolute atomic E-state index is 0.153. The largest absolute Gasteiger partial charge is 0.444 e. The zero-order valence-electron chi connectivity index (χ0n) is 14.2. The van der Waals surface area contributed by atoms with Gasteiger partial charge in [-0.25, -0.2) is 13.6 Å².